The van der Waals surface area contributed by atoms with Gasteiger partial charge in [-0.05, 0) is 12.1 Å². The Morgan fingerprint density at radius 2 is 1.70 bits per heavy atom. The Morgan fingerprint density at radius 3 is 2.33 bits per heavy atom. The average Bonchev–Trinajstić information content (AvgIpc) is 2.66. The highest BCUT2D eigenvalue weighted by atomic mass is 19.4. The van der Waals surface area contributed by atoms with Crippen LogP contribution < -0.4 is 20.3 Å². The molecule has 0 unspecified atom stereocenters. The normalized spacial score (nSPS) is 15.3. The van der Waals surface area contributed by atoms with Crippen LogP contribution in [0.15, 0.2) is 24.3 Å². The minimum atomic E-state index is -4.54. The maximum atomic E-state index is 12.0. The number of carbonyl (C=O) groups is 2. The lowest BCUT2D eigenvalue weighted by Gasteiger charge is -2.36. The number of ether oxygens (including phenoxy) is 1. The Balaban J connectivity index is 1.69. The van der Waals surface area contributed by atoms with Crippen LogP contribution in [-0.2, 0) is 9.59 Å². The Kier molecular flexibility index (Phi) is 7.28. The number of piperazine rings is 1. The molecule has 1 aliphatic heterocycles. The molecule has 150 valence electrons. The van der Waals surface area contributed by atoms with Crippen molar-refractivity contribution in [3.8, 4) is 5.75 Å². The fourth-order valence-electron chi connectivity index (χ4n) is 2.77. The summed E-state index contributed by atoms with van der Waals surface area (Å²) in [6.45, 7) is 2.25. The number of rotatable bonds is 6. The average molecular weight is 388 g/mol. The molecule has 1 aliphatic rings. The van der Waals surface area contributed by atoms with Gasteiger partial charge in [0.2, 0.25) is 0 Å². The molecule has 27 heavy (non-hydrogen) atoms. The summed E-state index contributed by atoms with van der Waals surface area (Å²) in [6, 6.07) is 7.76. The first-order chi connectivity index (χ1) is 12.8. The SMILES string of the molecule is COc1ccccc1N1CCN(CCNC(=O)C(=O)NCC(F)(F)F)CC1. The lowest BCUT2D eigenvalue weighted by Crippen LogP contribution is -2.50. The third kappa shape index (κ3) is 6.63. The van der Waals surface area contributed by atoms with Crippen molar-refractivity contribution in [1.29, 1.82) is 0 Å². The summed E-state index contributed by atoms with van der Waals surface area (Å²) < 4.78 is 41.4. The Hall–Kier alpha value is -2.49. The first-order valence-electron chi connectivity index (χ1n) is 8.53. The maximum absolute atomic E-state index is 12.0. The van der Waals surface area contributed by atoms with Crippen molar-refractivity contribution in [1.82, 2.24) is 15.5 Å². The first kappa shape index (κ1) is 20.8. The molecular weight excluding hydrogens is 365 g/mol. The van der Waals surface area contributed by atoms with Crippen molar-refractivity contribution in [2.24, 2.45) is 0 Å². The van der Waals surface area contributed by atoms with Gasteiger partial charge in [0.05, 0.1) is 12.8 Å². The predicted molar refractivity (Wildman–Crippen MR) is 93.7 cm³/mol. The molecule has 10 heteroatoms. The third-order valence-electron chi connectivity index (χ3n) is 4.17. The molecule has 0 aliphatic carbocycles. The number of benzene rings is 1. The molecule has 1 aromatic carbocycles. The van der Waals surface area contributed by atoms with E-state index in [4.69, 9.17) is 4.74 Å². The topological polar surface area (TPSA) is 73.9 Å². The summed E-state index contributed by atoms with van der Waals surface area (Å²) in [5, 5.41) is 3.87. The highest BCUT2D eigenvalue weighted by Gasteiger charge is 2.29. The molecule has 2 amide bonds. The van der Waals surface area contributed by atoms with Crippen molar-refractivity contribution in [3.63, 3.8) is 0 Å². The van der Waals surface area contributed by atoms with E-state index >= 15 is 0 Å². The van der Waals surface area contributed by atoms with Crippen LogP contribution in [0.25, 0.3) is 0 Å². The molecule has 1 aromatic rings. The van der Waals surface area contributed by atoms with E-state index in [-0.39, 0.29) is 6.54 Å². The molecular formula is C17H23F3N4O3. The van der Waals surface area contributed by atoms with Gasteiger partial charge in [-0.3, -0.25) is 14.5 Å². The maximum Gasteiger partial charge on any atom is 0.405 e. The van der Waals surface area contributed by atoms with Crippen molar-refractivity contribution in [2.45, 2.75) is 6.18 Å². The standard InChI is InChI=1S/C17H23F3N4O3/c1-27-14-5-3-2-4-13(14)24-10-8-23(9-11-24)7-6-21-15(25)16(26)22-12-17(18,19)20/h2-5H,6-12H2,1H3,(H,21,25)(H,22,26). The molecule has 1 heterocycles. The molecule has 0 atom stereocenters. The van der Waals surface area contributed by atoms with Gasteiger partial charge in [-0.1, -0.05) is 12.1 Å². The molecule has 1 saturated heterocycles. The van der Waals surface area contributed by atoms with E-state index < -0.39 is 24.5 Å². The second-order valence-corrected chi connectivity index (χ2v) is 6.05. The van der Waals surface area contributed by atoms with Gasteiger partial charge in [-0.25, -0.2) is 0 Å². The second kappa shape index (κ2) is 9.45. The number of carbonyl (C=O) groups excluding carboxylic acids is 2. The number of methoxy groups -OCH3 is 1. The molecule has 2 N–H and O–H groups in total. The van der Waals surface area contributed by atoms with Gasteiger partial charge in [-0.15, -0.1) is 0 Å². The van der Waals surface area contributed by atoms with Crippen LogP contribution in [0.2, 0.25) is 0 Å². The second-order valence-electron chi connectivity index (χ2n) is 6.05. The van der Waals surface area contributed by atoms with Gasteiger partial charge in [0.25, 0.3) is 0 Å². The highest BCUT2D eigenvalue weighted by molar-refractivity contribution is 6.35. The van der Waals surface area contributed by atoms with Crippen LogP contribution in [-0.4, -0.2) is 75.8 Å². The number of hydrogen-bond acceptors (Lipinski definition) is 5. The van der Waals surface area contributed by atoms with E-state index in [9.17, 15) is 22.8 Å². The number of nitrogens with one attached hydrogen (secondary N) is 2. The number of alkyl halides is 3. The van der Waals surface area contributed by atoms with Crippen LogP contribution in [0, 0.1) is 0 Å². The van der Waals surface area contributed by atoms with E-state index in [1.165, 1.54) is 5.32 Å². The predicted octanol–water partition coefficient (Wildman–Crippen LogP) is 0.612. The molecule has 0 radical (unpaired) electrons. The van der Waals surface area contributed by atoms with Crippen molar-refractivity contribution in [3.05, 3.63) is 24.3 Å². The number of halogens is 3. The quantitative estimate of drug-likeness (QED) is 0.699. The Bertz CT molecular complexity index is 647. The van der Waals surface area contributed by atoms with Crippen LogP contribution in [0.3, 0.4) is 0 Å². The van der Waals surface area contributed by atoms with E-state index in [0.717, 1.165) is 37.6 Å². The lowest BCUT2D eigenvalue weighted by molar-refractivity contribution is -0.146. The highest BCUT2D eigenvalue weighted by Crippen LogP contribution is 2.28. The zero-order chi connectivity index (χ0) is 19.9. The van der Waals surface area contributed by atoms with E-state index in [2.05, 4.69) is 15.1 Å². The van der Waals surface area contributed by atoms with Crippen LogP contribution >= 0.6 is 0 Å². The van der Waals surface area contributed by atoms with Gasteiger partial charge < -0.3 is 20.3 Å². The molecule has 0 aromatic heterocycles. The van der Waals surface area contributed by atoms with Gasteiger partial charge >= 0.3 is 18.0 Å². The van der Waals surface area contributed by atoms with Gasteiger partial charge in [0, 0.05) is 39.3 Å². The fraction of sp³-hybridized carbons (Fsp3) is 0.529. The summed E-state index contributed by atoms with van der Waals surface area (Å²) in [6.07, 6.45) is -4.54. The summed E-state index contributed by atoms with van der Waals surface area (Å²) in [5.74, 6) is -1.54. The fourth-order valence-corrected chi connectivity index (χ4v) is 2.77. The molecule has 0 spiro atoms. The van der Waals surface area contributed by atoms with Crippen LogP contribution in [0.4, 0.5) is 18.9 Å². The van der Waals surface area contributed by atoms with Crippen LogP contribution in [0.5, 0.6) is 5.75 Å². The third-order valence-corrected chi connectivity index (χ3v) is 4.17. The Labute approximate surface area is 155 Å². The summed E-state index contributed by atoms with van der Waals surface area (Å²) in [5.41, 5.74) is 1.02. The van der Waals surface area contributed by atoms with E-state index in [1.807, 2.05) is 24.3 Å². The molecule has 1 fully saturated rings. The summed E-state index contributed by atoms with van der Waals surface area (Å²) >= 11 is 0. The monoisotopic (exact) mass is 388 g/mol. The molecule has 7 nitrogen and oxygen atoms in total. The van der Waals surface area contributed by atoms with Crippen molar-refractivity contribution >= 4 is 17.5 Å². The molecule has 0 bridgehead atoms. The van der Waals surface area contributed by atoms with Gasteiger partial charge in [0.15, 0.2) is 0 Å². The number of amides is 2. The van der Waals surface area contributed by atoms with Crippen molar-refractivity contribution < 1.29 is 27.5 Å². The van der Waals surface area contributed by atoms with E-state index in [1.54, 1.807) is 7.11 Å². The summed E-state index contributed by atoms with van der Waals surface area (Å²) in [7, 11) is 1.63. The zero-order valence-electron chi connectivity index (χ0n) is 15.0. The van der Waals surface area contributed by atoms with E-state index in [0.29, 0.717) is 6.54 Å². The van der Waals surface area contributed by atoms with Crippen LogP contribution in [0.1, 0.15) is 0 Å². The Morgan fingerprint density at radius 1 is 1.07 bits per heavy atom. The smallest absolute Gasteiger partial charge is 0.405 e. The number of para-hydroxylation sites is 2. The minimum absolute atomic E-state index is 0.187. The number of hydrogen-bond donors (Lipinski definition) is 2. The number of anilines is 1. The van der Waals surface area contributed by atoms with Gasteiger partial charge in [-0.2, -0.15) is 13.2 Å². The number of nitrogens with zero attached hydrogens (tertiary/aromatic N) is 2. The molecule has 2 rings (SSSR count). The molecule has 0 saturated carbocycles. The zero-order valence-corrected chi connectivity index (χ0v) is 15.0. The lowest BCUT2D eigenvalue weighted by atomic mass is 10.2. The minimum Gasteiger partial charge on any atom is -0.495 e. The summed E-state index contributed by atoms with van der Waals surface area (Å²) in [4.78, 5) is 27.1. The van der Waals surface area contributed by atoms with Gasteiger partial charge in [0.1, 0.15) is 12.3 Å². The largest absolute Gasteiger partial charge is 0.495 e. The first-order valence-corrected chi connectivity index (χ1v) is 8.53. The van der Waals surface area contributed by atoms with Crippen molar-refractivity contribution in [2.75, 3.05) is 57.8 Å².